The van der Waals surface area contributed by atoms with E-state index in [-0.39, 0.29) is 0 Å². The van der Waals surface area contributed by atoms with Gasteiger partial charge in [0.1, 0.15) is 5.02 Å². The first-order valence-electron chi connectivity index (χ1n) is 7.76. The lowest BCUT2D eigenvalue weighted by Crippen LogP contribution is -2.26. The molecule has 4 nitrogen and oxygen atoms in total. The van der Waals surface area contributed by atoms with Gasteiger partial charge < -0.3 is 10.2 Å². The minimum Gasteiger partial charge on any atom is -0.355 e. The summed E-state index contributed by atoms with van der Waals surface area (Å²) < 4.78 is 0. The number of hydrogen-bond donors (Lipinski definition) is 1. The molecule has 0 amide bonds. The van der Waals surface area contributed by atoms with Gasteiger partial charge in [0, 0.05) is 19.6 Å². The molecule has 5 heteroatoms. The number of nitrogens with zero attached hydrogens (tertiary/aromatic N) is 3. The fourth-order valence-electron chi connectivity index (χ4n) is 2.90. The van der Waals surface area contributed by atoms with Gasteiger partial charge in [0.15, 0.2) is 5.82 Å². The van der Waals surface area contributed by atoms with Gasteiger partial charge in [0.05, 0.1) is 6.20 Å². The summed E-state index contributed by atoms with van der Waals surface area (Å²) in [4.78, 5) is 11.1. The molecule has 20 heavy (non-hydrogen) atoms. The lowest BCUT2D eigenvalue weighted by Gasteiger charge is -2.23. The van der Waals surface area contributed by atoms with E-state index in [1.165, 1.54) is 32.1 Å². The van der Waals surface area contributed by atoms with E-state index >= 15 is 0 Å². The Bertz CT molecular complexity index is 424. The van der Waals surface area contributed by atoms with E-state index in [0.29, 0.717) is 11.0 Å². The van der Waals surface area contributed by atoms with E-state index < -0.39 is 0 Å². The van der Waals surface area contributed by atoms with Crippen molar-refractivity contribution in [3.8, 4) is 0 Å². The standard InChI is InChI=1S/C15H25ClN4/c1-3-6-12-7-5-9-20(10-8-12)14-13(16)11-18-15(19-14)17-4-2/h11-12H,3-10H2,1-2H3,(H,17,18,19). The first kappa shape index (κ1) is 15.4. The average molecular weight is 297 g/mol. The number of hydrogen-bond acceptors (Lipinski definition) is 4. The maximum atomic E-state index is 6.29. The molecule has 1 N–H and O–H groups in total. The second-order valence-corrected chi connectivity index (χ2v) is 5.88. The van der Waals surface area contributed by atoms with Crippen LogP contribution in [0.2, 0.25) is 5.02 Å². The van der Waals surface area contributed by atoms with Gasteiger partial charge in [-0.2, -0.15) is 4.98 Å². The molecule has 1 fully saturated rings. The third kappa shape index (κ3) is 3.98. The molecular formula is C15H25ClN4. The van der Waals surface area contributed by atoms with Gasteiger partial charge in [0.25, 0.3) is 0 Å². The van der Waals surface area contributed by atoms with Crippen LogP contribution >= 0.6 is 11.6 Å². The summed E-state index contributed by atoms with van der Waals surface area (Å²) in [7, 11) is 0. The van der Waals surface area contributed by atoms with Crippen LogP contribution in [0.3, 0.4) is 0 Å². The number of anilines is 2. The predicted octanol–water partition coefficient (Wildman–Crippen LogP) is 3.97. The number of rotatable bonds is 5. The van der Waals surface area contributed by atoms with E-state index in [2.05, 4.69) is 27.1 Å². The normalized spacial score (nSPS) is 19.8. The van der Waals surface area contributed by atoms with E-state index in [4.69, 9.17) is 11.6 Å². The van der Waals surface area contributed by atoms with Gasteiger partial charge in [-0.25, -0.2) is 4.98 Å². The second kappa shape index (κ2) is 7.67. The molecule has 1 aliphatic rings. The van der Waals surface area contributed by atoms with Crippen molar-refractivity contribution < 1.29 is 0 Å². The van der Waals surface area contributed by atoms with Gasteiger partial charge in [-0.1, -0.05) is 31.4 Å². The van der Waals surface area contributed by atoms with E-state index in [0.717, 1.165) is 31.4 Å². The summed E-state index contributed by atoms with van der Waals surface area (Å²) in [5.74, 6) is 2.41. The van der Waals surface area contributed by atoms with E-state index in [9.17, 15) is 0 Å². The van der Waals surface area contributed by atoms with Crippen LogP contribution in [0.15, 0.2) is 6.20 Å². The minimum absolute atomic E-state index is 0.653. The van der Waals surface area contributed by atoms with Crippen LogP contribution in [0.25, 0.3) is 0 Å². The Labute approximate surface area is 126 Å². The Balaban J connectivity index is 2.08. The lowest BCUT2D eigenvalue weighted by molar-refractivity contribution is 0.435. The number of nitrogens with one attached hydrogen (secondary N) is 1. The lowest BCUT2D eigenvalue weighted by atomic mass is 9.96. The SMILES string of the molecule is CCCC1CCCN(c2nc(NCC)ncc2Cl)CC1. The Kier molecular flexibility index (Phi) is 5.89. The Morgan fingerprint density at radius 2 is 2.20 bits per heavy atom. The van der Waals surface area contributed by atoms with Gasteiger partial charge in [-0.15, -0.1) is 0 Å². The van der Waals surface area contributed by atoms with Gasteiger partial charge >= 0.3 is 0 Å². The molecule has 1 aliphatic heterocycles. The summed E-state index contributed by atoms with van der Waals surface area (Å²) in [6.45, 7) is 7.22. The van der Waals surface area contributed by atoms with Gasteiger partial charge in [-0.3, -0.25) is 0 Å². The average Bonchev–Trinajstić information content (AvgIpc) is 2.67. The zero-order valence-electron chi connectivity index (χ0n) is 12.5. The van der Waals surface area contributed by atoms with E-state index in [1.54, 1.807) is 6.20 Å². The first-order chi connectivity index (χ1) is 9.74. The third-order valence-corrected chi connectivity index (χ3v) is 4.17. The zero-order valence-corrected chi connectivity index (χ0v) is 13.3. The van der Waals surface area contributed by atoms with Crippen molar-refractivity contribution in [3.63, 3.8) is 0 Å². The molecule has 2 rings (SSSR count). The van der Waals surface area contributed by atoms with Crippen LogP contribution in [0.5, 0.6) is 0 Å². The third-order valence-electron chi connectivity index (χ3n) is 3.90. The molecule has 1 unspecified atom stereocenters. The van der Waals surface area contributed by atoms with Crippen molar-refractivity contribution in [2.24, 2.45) is 5.92 Å². The second-order valence-electron chi connectivity index (χ2n) is 5.47. The number of halogens is 1. The summed E-state index contributed by atoms with van der Waals surface area (Å²) in [5, 5.41) is 3.80. The van der Waals surface area contributed by atoms with Crippen LogP contribution in [-0.4, -0.2) is 29.6 Å². The van der Waals surface area contributed by atoms with Crippen LogP contribution in [0, 0.1) is 5.92 Å². The first-order valence-corrected chi connectivity index (χ1v) is 8.13. The molecule has 1 saturated heterocycles. The van der Waals surface area contributed by atoms with Crippen molar-refractivity contribution in [1.29, 1.82) is 0 Å². The van der Waals surface area contributed by atoms with Crippen LogP contribution in [0.4, 0.5) is 11.8 Å². The van der Waals surface area contributed by atoms with Crippen LogP contribution in [-0.2, 0) is 0 Å². The fourth-order valence-corrected chi connectivity index (χ4v) is 3.11. The maximum Gasteiger partial charge on any atom is 0.224 e. The van der Waals surface area contributed by atoms with Gasteiger partial charge in [-0.05, 0) is 32.1 Å². The highest BCUT2D eigenvalue weighted by Crippen LogP contribution is 2.29. The highest BCUT2D eigenvalue weighted by Gasteiger charge is 2.19. The smallest absolute Gasteiger partial charge is 0.224 e. The molecule has 0 saturated carbocycles. The van der Waals surface area contributed by atoms with Crippen LogP contribution < -0.4 is 10.2 Å². The Morgan fingerprint density at radius 3 is 2.95 bits per heavy atom. The molecule has 0 spiro atoms. The van der Waals surface area contributed by atoms with Crippen LogP contribution in [0.1, 0.15) is 46.0 Å². The maximum absolute atomic E-state index is 6.29. The summed E-state index contributed by atoms with van der Waals surface area (Å²) >= 11 is 6.29. The topological polar surface area (TPSA) is 41.1 Å². The highest BCUT2D eigenvalue weighted by molar-refractivity contribution is 6.32. The molecule has 0 bridgehead atoms. The summed E-state index contributed by atoms with van der Waals surface area (Å²) in [6.07, 6.45) is 8.12. The molecule has 1 aromatic heterocycles. The van der Waals surface area contributed by atoms with Crippen molar-refractivity contribution in [1.82, 2.24) is 9.97 Å². The minimum atomic E-state index is 0.653. The number of aromatic nitrogens is 2. The van der Waals surface area contributed by atoms with Crippen molar-refractivity contribution in [2.75, 3.05) is 29.9 Å². The molecule has 1 aromatic rings. The van der Waals surface area contributed by atoms with Gasteiger partial charge in [0.2, 0.25) is 5.95 Å². The monoisotopic (exact) mass is 296 g/mol. The molecular weight excluding hydrogens is 272 g/mol. The Hall–Kier alpha value is -1.03. The molecule has 2 heterocycles. The quantitative estimate of drug-likeness (QED) is 0.892. The molecule has 1 atom stereocenters. The molecule has 112 valence electrons. The van der Waals surface area contributed by atoms with Crippen molar-refractivity contribution in [2.45, 2.75) is 46.0 Å². The Morgan fingerprint density at radius 1 is 1.35 bits per heavy atom. The van der Waals surface area contributed by atoms with Crippen molar-refractivity contribution >= 4 is 23.4 Å². The predicted molar refractivity (Wildman–Crippen MR) is 85.7 cm³/mol. The fraction of sp³-hybridized carbons (Fsp3) is 0.733. The molecule has 0 aliphatic carbocycles. The summed E-state index contributed by atoms with van der Waals surface area (Å²) in [5.41, 5.74) is 0. The molecule has 0 radical (unpaired) electrons. The molecule has 0 aromatic carbocycles. The largest absolute Gasteiger partial charge is 0.355 e. The van der Waals surface area contributed by atoms with E-state index in [1.807, 2.05) is 6.92 Å². The van der Waals surface area contributed by atoms with Crippen molar-refractivity contribution in [3.05, 3.63) is 11.2 Å². The highest BCUT2D eigenvalue weighted by atomic mass is 35.5. The zero-order chi connectivity index (χ0) is 14.4. The summed E-state index contributed by atoms with van der Waals surface area (Å²) in [6, 6.07) is 0.